The molecule has 1 heterocycles. The maximum Gasteiger partial charge on any atom is 0.142 e. The Kier molecular flexibility index (Phi) is 2.90. The molecule has 0 bridgehead atoms. The average molecular weight is 251 g/mol. The molecule has 1 saturated carbocycles. The maximum atomic E-state index is 13.0. The molecule has 1 unspecified atom stereocenters. The number of nitrogen functional groups attached to an aromatic ring is 1. The number of benzene rings is 1. The highest BCUT2D eigenvalue weighted by atomic mass is 19.1. The van der Waals surface area contributed by atoms with E-state index >= 15 is 0 Å². The van der Waals surface area contributed by atoms with Crippen molar-refractivity contribution in [1.82, 2.24) is 0 Å². The van der Waals surface area contributed by atoms with Crippen molar-refractivity contribution < 1.29 is 13.9 Å². The van der Waals surface area contributed by atoms with E-state index in [1.807, 2.05) is 0 Å². The van der Waals surface area contributed by atoms with E-state index in [1.54, 1.807) is 6.07 Å². The molecule has 2 aliphatic rings. The molecule has 3 nitrogen and oxygen atoms in total. The van der Waals surface area contributed by atoms with E-state index in [0.717, 1.165) is 32.3 Å². The molecule has 0 aromatic heterocycles. The first-order chi connectivity index (χ1) is 8.67. The third kappa shape index (κ3) is 2.17. The molecule has 18 heavy (non-hydrogen) atoms. The first-order valence-corrected chi connectivity index (χ1v) is 6.53. The molecule has 1 aromatic carbocycles. The van der Waals surface area contributed by atoms with E-state index in [2.05, 4.69) is 0 Å². The van der Waals surface area contributed by atoms with Gasteiger partial charge in [-0.3, -0.25) is 0 Å². The van der Waals surface area contributed by atoms with Crippen LogP contribution in [0.4, 0.5) is 10.1 Å². The van der Waals surface area contributed by atoms with Gasteiger partial charge in [-0.2, -0.15) is 0 Å². The molecule has 2 fully saturated rings. The molecular formula is C14H18FNO2. The molecule has 98 valence electrons. The Bertz CT molecular complexity index is 445. The molecule has 1 atom stereocenters. The fourth-order valence-electron chi connectivity index (χ4n) is 2.81. The summed E-state index contributed by atoms with van der Waals surface area (Å²) in [6.07, 6.45) is 5.43. The summed E-state index contributed by atoms with van der Waals surface area (Å²) < 4.78 is 24.7. The second kappa shape index (κ2) is 4.43. The number of hydrogen-bond acceptors (Lipinski definition) is 3. The molecule has 2 N–H and O–H groups in total. The Hall–Kier alpha value is -1.29. The van der Waals surface area contributed by atoms with Gasteiger partial charge in [-0.15, -0.1) is 0 Å². The number of rotatable bonds is 2. The third-order valence-electron chi connectivity index (χ3n) is 3.98. The van der Waals surface area contributed by atoms with Gasteiger partial charge in [0.05, 0.1) is 17.9 Å². The highest BCUT2D eigenvalue weighted by Crippen LogP contribution is 2.43. The van der Waals surface area contributed by atoms with Crippen LogP contribution in [0.5, 0.6) is 5.75 Å². The van der Waals surface area contributed by atoms with E-state index in [0.29, 0.717) is 11.4 Å². The lowest BCUT2D eigenvalue weighted by molar-refractivity contribution is -0.153. The van der Waals surface area contributed by atoms with Crippen LogP contribution >= 0.6 is 0 Å². The average Bonchev–Trinajstić information content (AvgIpc) is 2.31. The molecule has 0 amide bonds. The molecule has 4 heteroatoms. The van der Waals surface area contributed by atoms with Gasteiger partial charge in [0.25, 0.3) is 0 Å². The van der Waals surface area contributed by atoms with E-state index in [-0.39, 0.29) is 17.5 Å². The molecule has 3 rings (SSSR count). The SMILES string of the molecule is Nc1cc(F)ccc1OC1CCOC2(CCC2)C1. The number of halogens is 1. The quantitative estimate of drug-likeness (QED) is 0.822. The van der Waals surface area contributed by atoms with Crippen LogP contribution in [0.3, 0.4) is 0 Å². The normalized spacial score (nSPS) is 25.7. The standard InChI is InChI=1S/C14H18FNO2/c15-10-2-3-13(12(16)8-10)18-11-4-7-17-14(9-11)5-1-6-14/h2-3,8,11H,1,4-7,9,16H2. The van der Waals surface area contributed by atoms with E-state index in [9.17, 15) is 4.39 Å². The summed E-state index contributed by atoms with van der Waals surface area (Å²) in [5.41, 5.74) is 6.17. The molecule has 0 radical (unpaired) electrons. The number of ether oxygens (including phenoxy) is 2. The Labute approximate surface area is 106 Å². The number of hydrogen-bond donors (Lipinski definition) is 1. The molecule has 1 aliphatic heterocycles. The third-order valence-corrected chi connectivity index (χ3v) is 3.98. The van der Waals surface area contributed by atoms with Crippen LogP contribution in [0.25, 0.3) is 0 Å². The van der Waals surface area contributed by atoms with Crippen LogP contribution in [0.15, 0.2) is 18.2 Å². The summed E-state index contributed by atoms with van der Waals surface area (Å²) in [4.78, 5) is 0. The summed E-state index contributed by atoms with van der Waals surface area (Å²) in [7, 11) is 0. The highest BCUT2D eigenvalue weighted by Gasteiger charge is 2.43. The predicted molar refractivity (Wildman–Crippen MR) is 67.0 cm³/mol. The van der Waals surface area contributed by atoms with Gasteiger partial charge in [0.2, 0.25) is 0 Å². The summed E-state index contributed by atoms with van der Waals surface area (Å²) in [6.45, 7) is 0.742. The molecule has 1 saturated heterocycles. The van der Waals surface area contributed by atoms with Gasteiger partial charge < -0.3 is 15.2 Å². The zero-order valence-electron chi connectivity index (χ0n) is 10.3. The highest BCUT2D eigenvalue weighted by molar-refractivity contribution is 5.52. The van der Waals surface area contributed by atoms with Crippen molar-refractivity contribution in [3.8, 4) is 5.75 Å². The molecule has 1 aliphatic carbocycles. The van der Waals surface area contributed by atoms with Crippen LogP contribution in [-0.2, 0) is 4.74 Å². The van der Waals surface area contributed by atoms with Gasteiger partial charge >= 0.3 is 0 Å². The predicted octanol–water partition coefficient (Wildman–Crippen LogP) is 2.89. The Balaban J connectivity index is 1.68. The van der Waals surface area contributed by atoms with Gasteiger partial charge in [0, 0.05) is 18.9 Å². The number of anilines is 1. The van der Waals surface area contributed by atoms with Crippen molar-refractivity contribution in [1.29, 1.82) is 0 Å². The van der Waals surface area contributed by atoms with Crippen LogP contribution in [0, 0.1) is 5.82 Å². The fraction of sp³-hybridized carbons (Fsp3) is 0.571. The Morgan fingerprint density at radius 3 is 2.89 bits per heavy atom. The van der Waals surface area contributed by atoms with Crippen molar-refractivity contribution in [2.45, 2.75) is 43.8 Å². The Morgan fingerprint density at radius 2 is 2.22 bits per heavy atom. The van der Waals surface area contributed by atoms with Crippen LogP contribution in [0.2, 0.25) is 0 Å². The second-order valence-electron chi connectivity index (χ2n) is 5.30. The van der Waals surface area contributed by atoms with Crippen molar-refractivity contribution >= 4 is 5.69 Å². The molecule has 1 aromatic rings. The first kappa shape index (κ1) is 11.8. The summed E-state index contributed by atoms with van der Waals surface area (Å²) in [6, 6.07) is 4.28. The van der Waals surface area contributed by atoms with Gasteiger partial charge in [-0.05, 0) is 31.4 Å². The van der Waals surface area contributed by atoms with Crippen molar-refractivity contribution in [2.75, 3.05) is 12.3 Å². The first-order valence-electron chi connectivity index (χ1n) is 6.53. The smallest absolute Gasteiger partial charge is 0.142 e. The topological polar surface area (TPSA) is 44.5 Å². The number of nitrogens with two attached hydrogens (primary N) is 1. The van der Waals surface area contributed by atoms with E-state index < -0.39 is 0 Å². The summed E-state index contributed by atoms with van der Waals surface area (Å²) >= 11 is 0. The van der Waals surface area contributed by atoms with Crippen LogP contribution in [0.1, 0.15) is 32.1 Å². The minimum atomic E-state index is -0.331. The lowest BCUT2D eigenvalue weighted by Gasteiger charge is -2.46. The van der Waals surface area contributed by atoms with Crippen molar-refractivity contribution in [3.05, 3.63) is 24.0 Å². The zero-order chi connectivity index (χ0) is 12.6. The zero-order valence-corrected chi connectivity index (χ0v) is 10.3. The molecular weight excluding hydrogens is 233 g/mol. The summed E-state index contributed by atoms with van der Waals surface area (Å²) in [5.74, 6) is 0.250. The van der Waals surface area contributed by atoms with Gasteiger partial charge in [0.1, 0.15) is 17.7 Å². The van der Waals surface area contributed by atoms with Gasteiger partial charge in [-0.1, -0.05) is 0 Å². The minimum Gasteiger partial charge on any atom is -0.488 e. The van der Waals surface area contributed by atoms with Crippen LogP contribution < -0.4 is 10.5 Å². The molecule has 1 spiro atoms. The van der Waals surface area contributed by atoms with Crippen molar-refractivity contribution in [3.63, 3.8) is 0 Å². The largest absolute Gasteiger partial charge is 0.488 e. The summed E-state index contributed by atoms with van der Waals surface area (Å²) in [5, 5.41) is 0. The monoisotopic (exact) mass is 251 g/mol. The van der Waals surface area contributed by atoms with Crippen molar-refractivity contribution in [2.24, 2.45) is 0 Å². The lowest BCUT2D eigenvalue weighted by atomic mass is 9.74. The van der Waals surface area contributed by atoms with Crippen LogP contribution in [-0.4, -0.2) is 18.3 Å². The second-order valence-corrected chi connectivity index (χ2v) is 5.30. The Morgan fingerprint density at radius 1 is 1.39 bits per heavy atom. The van der Waals surface area contributed by atoms with Gasteiger partial charge in [-0.25, -0.2) is 4.39 Å². The lowest BCUT2D eigenvalue weighted by Crippen LogP contribution is -2.48. The van der Waals surface area contributed by atoms with E-state index in [1.165, 1.54) is 18.6 Å². The van der Waals surface area contributed by atoms with E-state index in [4.69, 9.17) is 15.2 Å². The maximum absolute atomic E-state index is 13.0. The van der Waals surface area contributed by atoms with Gasteiger partial charge in [0.15, 0.2) is 0 Å². The minimum absolute atomic E-state index is 0.0533. The fourth-order valence-corrected chi connectivity index (χ4v) is 2.81.